The number of nitrogens with two attached hydrogens (primary N) is 1. The van der Waals surface area contributed by atoms with E-state index in [4.69, 9.17) is 5.73 Å². The number of hydrogen-bond donors (Lipinski definition) is 1. The number of aromatic nitrogens is 1. The fraction of sp³-hybridized carbons (Fsp3) is 0.455. The first-order valence-corrected chi connectivity index (χ1v) is 5.08. The Morgan fingerprint density at radius 3 is 2.53 bits per heavy atom. The minimum absolute atomic E-state index is 0.0640. The standard InChI is InChI=1S/C11H16N2O4/c1-13-5-4-7(10(14)16-2)9(13)8(6-12)11(15)17-3/h4-5,8H,6,12H2,1-3H3. The number of ether oxygens (including phenoxy) is 2. The smallest absolute Gasteiger partial charge is 0.339 e. The minimum atomic E-state index is -0.672. The van der Waals surface area contributed by atoms with E-state index in [9.17, 15) is 9.59 Å². The van der Waals surface area contributed by atoms with Crippen LogP contribution in [0.25, 0.3) is 0 Å². The van der Waals surface area contributed by atoms with Gasteiger partial charge in [-0.2, -0.15) is 0 Å². The highest BCUT2D eigenvalue weighted by Crippen LogP contribution is 2.22. The molecule has 0 saturated carbocycles. The summed E-state index contributed by atoms with van der Waals surface area (Å²) < 4.78 is 11.0. The summed E-state index contributed by atoms with van der Waals surface area (Å²) in [4.78, 5) is 23.1. The van der Waals surface area contributed by atoms with Crippen molar-refractivity contribution in [1.82, 2.24) is 4.57 Å². The van der Waals surface area contributed by atoms with E-state index >= 15 is 0 Å². The van der Waals surface area contributed by atoms with Gasteiger partial charge in [0.2, 0.25) is 0 Å². The molecule has 1 heterocycles. The molecule has 2 N–H and O–H groups in total. The highest BCUT2D eigenvalue weighted by molar-refractivity contribution is 5.93. The van der Waals surface area contributed by atoms with Crippen LogP contribution in [0.2, 0.25) is 0 Å². The molecule has 1 aromatic heterocycles. The third-order valence-electron chi connectivity index (χ3n) is 2.58. The monoisotopic (exact) mass is 240 g/mol. The Hall–Kier alpha value is -1.82. The van der Waals surface area contributed by atoms with Gasteiger partial charge >= 0.3 is 11.9 Å². The summed E-state index contributed by atoms with van der Waals surface area (Å²) in [6.07, 6.45) is 1.67. The van der Waals surface area contributed by atoms with Gasteiger partial charge in [0, 0.05) is 25.5 Å². The van der Waals surface area contributed by atoms with Crippen molar-refractivity contribution in [3.05, 3.63) is 23.5 Å². The summed E-state index contributed by atoms with van der Waals surface area (Å²) in [6.45, 7) is 0.0640. The van der Waals surface area contributed by atoms with Gasteiger partial charge in [-0.1, -0.05) is 0 Å². The second-order valence-corrected chi connectivity index (χ2v) is 3.53. The number of methoxy groups -OCH3 is 2. The number of carbonyl (C=O) groups excluding carboxylic acids is 2. The second-order valence-electron chi connectivity index (χ2n) is 3.53. The van der Waals surface area contributed by atoms with Gasteiger partial charge in [0.25, 0.3) is 0 Å². The van der Waals surface area contributed by atoms with Crippen LogP contribution in [0.1, 0.15) is 22.0 Å². The van der Waals surface area contributed by atoms with Gasteiger partial charge in [-0.05, 0) is 6.07 Å². The molecule has 1 aromatic rings. The van der Waals surface area contributed by atoms with Crippen LogP contribution in [0.15, 0.2) is 12.3 Å². The van der Waals surface area contributed by atoms with Crippen molar-refractivity contribution >= 4 is 11.9 Å². The number of esters is 2. The van der Waals surface area contributed by atoms with Crippen molar-refractivity contribution in [3.63, 3.8) is 0 Å². The molecule has 0 aliphatic carbocycles. The Morgan fingerprint density at radius 1 is 1.41 bits per heavy atom. The van der Waals surface area contributed by atoms with Crippen LogP contribution in [0, 0.1) is 0 Å². The van der Waals surface area contributed by atoms with Crippen molar-refractivity contribution in [2.24, 2.45) is 12.8 Å². The van der Waals surface area contributed by atoms with Crippen molar-refractivity contribution in [2.75, 3.05) is 20.8 Å². The SMILES string of the molecule is COC(=O)c1ccn(C)c1C(CN)C(=O)OC. The normalized spacial score (nSPS) is 12.0. The van der Waals surface area contributed by atoms with Crippen molar-refractivity contribution in [1.29, 1.82) is 0 Å². The number of carbonyl (C=O) groups is 2. The molecule has 0 aliphatic rings. The predicted molar refractivity (Wildman–Crippen MR) is 60.6 cm³/mol. The average molecular weight is 240 g/mol. The van der Waals surface area contributed by atoms with Gasteiger partial charge < -0.3 is 19.8 Å². The van der Waals surface area contributed by atoms with Crippen molar-refractivity contribution in [3.8, 4) is 0 Å². The molecule has 1 unspecified atom stereocenters. The topological polar surface area (TPSA) is 83.5 Å². The molecule has 0 radical (unpaired) electrons. The van der Waals surface area contributed by atoms with E-state index in [1.807, 2.05) is 0 Å². The molecule has 6 nitrogen and oxygen atoms in total. The van der Waals surface area contributed by atoms with E-state index < -0.39 is 17.9 Å². The molecule has 0 bridgehead atoms. The van der Waals surface area contributed by atoms with Crippen LogP contribution in [-0.4, -0.2) is 37.3 Å². The van der Waals surface area contributed by atoms with Gasteiger partial charge in [0.15, 0.2) is 0 Å². The second kappa shape index (κ2) is 5.49. The zero-order chi connectivity index (χ0) is 13.0. The van der Waals surface area contributed by atoms with E-state index in [1.54, 1.807) is 23.9 Å². The lowest BCUT2D eigenvalue weighted by atomic mass is 10.0. The Balaban J connectivity index is 3.22. The Bertz CT molecular complexity index is 425. The third-order valence-corrected chi connectivity index (χ3v) is 2.58. The average Bonchev–Trinajstić information content (AvgIpc) is 2.71. The molecule has 0 amide bonds. The summed E-state index contributed by atoms with van der Waals surface area (Å²) in [5, 5.41) is 0. The molecule has 0 aromatic carbocycles. The molecular weight excluding hydrogens is 224 g/mol. The molecule has 1 rings (SSSR count). The van der Waals surface area contributed by atoms with Crippen LogP contribution in [-0.2, 0) is 21.3 Å². The highest BCUT2D eigenvalue weighted by Gasteiger charge is 2.28. The lowest BCUT2D eigenvalue weighted by Gasteiger charge is -2.15. The Kier molecular flexibility index (Phi) is 4.28. The molecule has 0 fully saturated rings. The van der Waals surface area contributed by atoms with Crippen molar-refractivity contribution in [2.45, 2.75) is 5.92 Å². The first kappa shape index (κ1) is 13.2. The molecule has 0 saturated heterocycles. The number of hydrogen-bond acceptors (Lipinski definition) is 5. The van der Waals surface area contributed by atoms with Gasteiger partial charge in [-0.3, -0.25) is 4.79 Å². The lowest BCUT2D eigenvalue weighted by molar-refractivity contribution is -0.142. The third kappa shape index (κ3) is 2.47. The van der Waals surface area contributed by atoms with Crippen LogP contribution in [0.4, 0.5) is 0 Å². The predicted octanol–water partition coefficient (Wildman–Crippen LogP) is 0.0270. The molecule has 6 heteroatoms. The van der Waals surface area contributed by atoms with Gasteiger partial charge in [0.05, 0.1) is 19.8 Å². The molecular formula is C11H16N2O4. The summed E-state index contributed by atoms with van der Waals surface area (Å²) in [5.41, 5.74) is 6.39. The maximum absolute atomic E-state index is 11.6. The van der Waals surface area contributed by atoms with Gasteiger partial charge in [-0.25, -0.2) is 4.79 Å². The molecule has 0 spiro atoms. The number of nitrogens with zero attached hydrogens (tertiary/aromatic N) is 1. The van der Waals surface area contributed by atoms with Gasteiger partial charge in [0.1, 0.15) is 5.92 Å². The van der Waals surface area contributed by atoms with Crippen LogP contribution in [0.5, 0.6) is 0 Å². The first-order chi connectivity index (χ1) is 8.06. The van der Waals surface area contributed by atoms with Crippen LogP contribution in [0.3, 0.4) is 0 Å². The van der Waals surface area contributed by atoms with E-state index in [1.165, 1.54) is 14.2 Å². The summed E-state index contributed by atoms with van der Waals surface area (Å²) >= 11 is 0. The Morgan fingerprint density at radius 2 is 2.06 bits per heavy atom. The number of aryl methyl sites for hydroxylation is 1. The van der Waals surface area contributed by atoms with E-state index in [0.29, 0.717) is 11.3 Å². The lowest BCUT2D eigenvalue weighted by Crippen LogP contribution is -2.26. The quantitative estimate of drug-likeness (QED) is 0.750. The highest BCUT2D eigenvalue weighted by atomic mass is 16.5. The molecule has 1 atom stereocenters. The molecule has 17 heavy (non-hydrogen) atoms. The van der Waals surface area contributed by atoms with E-state index in [2.05, 4.69) is 9.47 Å². The zero-order valence-corrected chi connectivity index (χ0v) is 10.1. The van der Waals surface area contributed by atoms with E-state index in [-0.39, 0.29) is 6.54 Å². The maximum Gasteiger partial charge on any atom is 0.339 e. The minimum Gasteiger partial charge on any atom is -0.468 e. The molecule has 94 valence electrons. The maximum atomic E-state index is 11.6. The summed E-state index contributed by atoms with van der Waals surface area (Å²) in [6, 6.07) is 1.59. The zero-order valence-electron chi connectivity index (χ0n) is 10.1. The van der Waals surface area contributed by atoms with Crippen molar-refractivity contribution < 1.29 is 19.1 Å². The summed E-state index contributed by atoms with van der Waals surface area (Å²) in [7, 11) is 4.30. The number of rotatable bonds is 4. The first-order valence-electron chi connectivity index (χ1n) is 5.08. The fourth-order valence-corrected chi connectivity index (χ4v) is 1.72. The van der Waals surface area contributed by atoms with E-state index in [0.717, 1.165) is 0 Å². The van der Waals surface area contributed by atoms with Crippen LogP contribution < -0.4 is 5.73 Å². The Labute approximate surface area is 99.3 Å². The summed E-state index contributed by atoms with van der Waals surface area (Å²) in [5.74, 6) is -1.64. The van der Waals surface area contributed by atoms with Crippen LogP contribution >= 0.6 is 0 Å². The largest absolute Gasteiger partial charge is 0.468 e. The fourth-order valence-electron chi connectivity index (χ4n) is 1.72. The van der Waals surface area contributed by atoms with Gasteiger partial charge in [-0.15, -0.1) is 0 Å². The molecule has 0 aliphatic heterocycles.